The summed E-state index contributed by atoms with van der Waals surface area (Å²) in [5, 5.41) is 13.2. The number of rotatable bonds is 6. The smallest absolute Gasteiger partial charge is 0.119 e. The molecule has 0 aliphatic heterocycles. The second-order valence-corrected chi connectivity index (χ2v) is 5.17. The Morgan fingerprint density at radius 2 is 1.94 bits per heavy atom. The lowest BCUT2D eigenvalue weighted by atomic mass is 10.2. The third kappa shape index (κ3) is 4.31. The maximum Gasteiger partial charge on any atom is 0.119 e. The van der Waals surface area contributed by atoms with Crippen LogP contribution in [0.5, 0.6) is 5.75 Å². The van der Waals surface area contributed by atoms with Gasteiger partial charge in [-0.1, -0.05) is 30.5 Å². The molecule has 1 aromatic carbocycles. The molecule has 3 heteroatoms. The fraction of sp³-hybridized carbons (Fsp3) is 0.600. The van der Waals surface area contributed by atoms with E-state index in [0.717, 1.165) is 5.75 Å². The van der Waals surface area contributed by atoms with Crippen molar-refractivity contribution >= 4 is 0 Å². The first-order valence-corrected chi connectivity index (χ1v) is 6.85. The van der Waals surface area contributed by atoms with E-state index in [1.54, 1.807) is 0 Å². The van der Waals surface area contributed by atoms with Gasteiger partial charge in [-0.25, -0.2) is 0 Å². The monoisotopic (exact) mass is 249 g/mol. The van der Waals surface area contributed by atoms with E-state index in [9.17, 15) is 5.11 Å². The maximum atomic E-state index is 9.84. The molecule has 1 aliphatic carbocycles. The Bertz CT molecular complexity index is 344. The molecule has 1 fully saturated rings. The molecule has 0 amide bonds. The number of nitrogens with one attached hydrogen (secondary N) is 1. The van der Waals surface area contributed by atoms with Gasteiger partial charge in [0.15, 0.2) is 0 Å². The van der Waals surface area contributed by atoms with Gasteiger partial charge in [0.05, 0.1) is 0 Å². The first-order chi connectivity index (χ1) is 8.74. The van der Waals surface area contributed by atoms with Crippen LogP contribution in [0.4, 0.5) is 0 Å². The highest BCUT2D eigenvalue weighted by Crippen LogP contribution is 2.17. The summed E-state index contributed by atoms with van der Waals surface area (Å²) >= 11 is 0. The molecule has 1 unspecified atom stereocenters. The predicted octanol–water partition coefficient (Wildman–Crippen LogP) is 2.27. The minimum atomic E-state index is -0.438. The Balaban J connectivity index is 1.64. The van der Waals surface area contributed by atoms with Crippen LogP contribution in [0.2, 0.25) is 0 Å². The SMILES string of the molecule is Cc1ccc(OCC(O)CNC2CCCC2)cc1. The number of aryl methyl sites for hydroxylation is 1. The predicted molar refractivity (Wildman–Crippen MR) is 72.9 cm³/mol. The summed E-state index contributed by atoms with van der Waals surface area (Å²) in [6.07, 6.45) is 4.67. The lowest BCUT2D eigenvalue weighted by Crippen LogP contribution is -2.36. The van der Waals surface area contributed by atoms with Gasteiger partial charge in [0.25, 0.3) is 0 Å². The third-order valence-corrected chi connectivity index (χ3v) is 3.46. The van der Waals surface area contributed by atoms with Crippen molar-refractivity contribution in [3.05, 3.63) is 29.8 Å². The normalized spacial score (nSPS) is 17.9. The number of hydrogen-bond acceptors (Lipinski definition) is 3. The molecular weight excluding hydrogens is 226 g/mol. The fourth-order valence-corrected chi connectivity index (χ4v) is 2.32. The molecule has 0 bridgehead atoms. The first kappa shape index (κ1) is 13.4. The minimum Gasteiger partial charge on any atom is -0.491 e. The topological polar surface area (TPSA) is 41.5 Å². The number of hydrogen-bond donors (Lipinski definition) is 2. The quantitative estimate of drug-likeness (QED) is 0.812. The van der Waals surface area contributed by atoms with E-state index in [1.807, 2.05) is 31.2 Å². The van der Waals surface area contributed by atoms with E-state index in [-0.39, 0.29) is 0 Å². The van der Waals surface area contributed by atoms with Crippen molar-refractivity contribution in [3.63, 3.8) is 0 Å². The van der Waals surface area contributed by atoms with Crippen molar-refractivity contribution in [2.45, 2.75) is 44.8 Å². The maximum absolute atomic E-state index is 9.84. The summed E-state index contributed by atoms with van der Waals surface area (Å²) in [5.41, 5.74) is 1.21. The van der Waals surface area contributed by atoms with Crippen LogP contribution in [0, 0.1) is 6.92 Å². The Kier molecular flexibility index (Phi) is 5.02. The number of aliphatic hydroxyl groups excluding tert-OH is 1. The number of ether oxygens (including phenoxy) is 1. The lowest BCUT2D eigenvalue weighted by molar-refractivity contribution is 0.104. The second kappa shape index (κ2) is 6.76. The molecule has 1 saturated carbocycles. The lowest BCUT2D eigenvalue weighted by Gasteiger charge is -2.16. The van der Waals surface area contributed by atoms with E-state index in [0.29, 0.717) is 19.2 Å². The van der Waals surface area contributed by atoms with Crippen LogP contribution in [-0.2, 0) is 0 Å². The average Bonchev–Trinajstić information content (AvgIpc) is 2.89. The van der Waals surface area contributed by atoms with Gasteiger partial charge in [-0.05, 0) is 31.9 Å². The van der Waals surface area contributed by atoms with E-state index in [1.165, 1.54) is 31.2 Å². The molecule has 18 heavy (non-hydrogen) atoms. The molecule has 0 radical (unpaired) electrons. The zero-order valence-electron chi connectivity index (χ0n) is 11.1. The second-order valence-electron chi connectivity index (χ2n) is 5.17. The van der Waals surface area contributed by atoms with E-state index >= 15 is 0 Å². The van der Waals surface area contributed by atoms with Crippen LogP contribution in [0.3, 0.4) is 0 Å². The summed E-state index contributed by atoms with van der Waals surface area (Å²) in [4.78, 5) is 0. The molecule has 2 rings (SSSR count). The highest BCUT2D eigenvalue weighted by atomic mass is 16.5. The van der Waals surface area contributed by atoms with Crippen molar-refractivity contribution in [1.29, 1.82) is 0 Å². The van der Waals surface area contributed by atoms with Crippen molar-refractivity contribution in [2.75, 3.05) is 13.2 Å². The van der Waals surface area contributed by atoms with Gasteiger partial charge < -0.3 is 15.2 Å². The van der Waals surface area contributed by atoms with E-state index in [4.69, 9.17) is 4.74 Å². The minimum absolute atomic E-state index is 0.350. The van der Waals surface area contributed by atoms with Crippen LogP contribution in [0.25, 0.3) is 0 Å². The van der Waals surface area contributed by atoms with Gasteiger partial charge in [-0.15, -0.1) is 0 Å². The molecule has 1 atom stereocenters. The molecule has 1 aliphatic rings. The first-order valence-electron chi connectivity index (χ1n) is 6.85. The summed E-state index contributed by atoms with van der Waals surface area (Å²) in [7, 11) is 0. The van der Waals surface area contributed by atoms with Crippen LogP contribution < -0.4 is 10.1 Å². The van der Waals surface area contributed by atoms with Crippen molar-refractivity contribution < 1.29 is 9.84 Å². The molecule has 2 N–H and O–H groups in total. The Labute approximate surface area is 109 Å². The van der Waals surface area contributed by atoms with Gasteiger partial charge in [-0.2, -0.15) is 0 Å². The standard InChI is InChI=1S/C15H23NO2/c1-12-6-8-15(9-7-12)18-11-14(17)10-16-13-4-2-3-5-13/h6-9,13-14,16-17H,2-5,10-11H2,1H3. The Morgan fingerprint density at radius 3 is 2.61 bits per heavy atom. The summed E-state index contributed by atoms with van der Waals surface area (Å²) < 4.78 is 5.55. The Hall–Kier alpha value is -1.06. The average molecular weight is 249 g/mol. The van der Waals surface area contributed by atoms with Crippen LogP contribution >= 0.6 is 0 Å². The fourth-order valence-electron chi connectivity index (χ4n) is 2.32. The van der Waals surface area contributed by atoms with Crippen molar-refractivity contribution in [2.24, 2.45) is 0 Å². The van der Waals surface area contributed by atoms with Gasteiger partial charge in [0, 0.05) is 12.6 Å². The molecule has 3 nitrogen and oxygen atoms in total. The Morgan fingerprint density at radius 1 is 1.28 bits per heavy atom. The molecule has 100 valence electrons. The largest absolute Gasteiger partial charge is 0.491 e. The van der Waals surface area contributed by atoms with Crippen molar-refractivity contribution in [1.82, 2.24) is 5.32 Å². The molecule has 0 heterocycles. The summed E-state index contributed by atoms with van der Waals surface area (Å²) in [6, 6.07) is 8.50. The molecule has 0 spiro atoms. The number of benzene rings is 1. The van der Waals surface area contributed by atoms with Crippen LogP contribution in [-0.4, -0.2) is 30.4 Å². The molecule has 0 aromatic heterocycles. The van der Waals surface area contributed by atoms with Gasteiger partial charge in [0.1, 0.15) is 18.5 Å². The molecule has 0 saturated heterocycles. The summed E-state index contributed by atoms with van der Waals surface area (Å²) in [6.45, 7) is 3.02. The van der Waals surface area contributed by atoms with Crippen LogP contribution in [0.1, 0.15) is 31.2 Å². The molecular formula is C15H23NO2. The van der Waals surface area contributed by atoms with Gasteiger partial charge >= 0.3 is 0 Å². The zero-order valence-corrected chi connectivity index (χ0v) is 11.1. The zero-order chi connectivity index (χ0) is 12.8. The van der Waals surface area contributed by atoms with Crippen LogP contribution in [0.15, 0.2) is 24.3 Å². The molecule has 1 aromatic rings. The van der Waals surface area contributed by atoms with Crippen molar-refractivity contribution in [3.8, 4) is 5.75 Å². The number of aliphatic hydroxyl groups is 1. The third-order valence-electron chi connectivity index (χ3n) is 3.46. The highest BCUT2D eigenvalue weighted by Gasteiger charge is 2.15. The van der Waals surface area contributed by atoms with Gasteiger partial charge in [0.2, 0.25) is 0 Å². The highest BCUT2D eigenvalue weighted by molar-refractivity contribution is 5.26. The summed E-state index contributed by atoms with van der Waals surface area (Å²) in [5.74, 6) is 0.820. The van der Waals surface area contributed by atoms with E-state index in [2.05, 4.69) is 5.32 Å². The van der Waals surface area contributed by atoms with Gasteiger partial charge in [-0.3, -0.25) is 0 Å². The van der Waals surface area contributed by atoms with E-state index < -0.39 is 6.10 Å².